The second-order valence-corrected chi connectivity index (χ2v) is 10.0. The minimum Gasteiger partial charge on any atom is -0.478 e. The summed E-state index contributed by atoms with van der Waals surface area (Å²) in [5.41, 5.74) is 4.03. The van der Waals surface area contributed by atoms with Gasteiger partial charge in [-0.2, -0.15) is 0 Å². The number of rotatable bonds is 8. The van der Waals surface area contributed by atoms with Crippen LogP contribution in [0.4, 0.5) is 17.1 Å². The summed E-state index contributed by atoms with van der Waals surface area (Å²) in [4.78, 5) is 33.5. The van der Waals surface area contributed by atoms with Gasteiger partial charge in [0.15, 0.2) is 0 Å². The first-order valence-electron chi connectivity index (χ1n) is 13.0. The van der Waals surface area contributed by atoms with Gasteiger partial charge in [-0.1, -0.05) is 31.4 Å². The van der Waals surface area contributed by atoms with Gasteiger partial charge in [0.1, 0.15) is 0 Å². The summed E-state index contributed by atoms with van der Waals surface area (Å²) < 4.78 is 0. The van der Waals surface area contributed by atoms with E-state index >= 15 is 0 Å². The summed E-state index contributed by atoms with van der Waals surface area (Å²) in [5.74, 6) is -0.728. The summed E-state index contributed by atoms with van der Waals surface area (Å²) in [6, 6.07) is 16.3. The number of carboxylic acids is 1. The summed E-state index contributed by atoms with van der Waals surface area (Å²) in [7, 11) is 4.10. The van der Waals surface area contributed by atoms with Crippen LogP contribution >= 0.6 is 0 Å². The first-order valence-corrected chi connectivity index (χ1v) is 13.0. The van der Waals surface area contributed by atoms with E-state index in [4.69, 9.17) is 5.11 Å². The molecule has 7 heteroatoms. The monoisotopic (exact) mass is 490 g/mol. The van der Waals surface area contributed by atoms with Crippen molar-refractivity contribution in [1.29, 1.82) is 0 Å². The Morgan fingerprint density at radius 1 is 0.944 bits per heavy atom. The van der Waals surface area contributed by atoms with E-state index in [9.17, 15) is 9.59 Å². The first-order chi connectivity index (χ1) is 17.4. The number of nitrogens with zero attached hydrogens (tertiary/aromatic N) is 4. The van der Waals surface area contributed by atoms with Crippen molar-refractivity contribution in [2.24, 2.45) is 5.92 Å². The molecule has 1 N–H and O–H groups in total. The Bertz CT molecular complexity index is 1050. The lowest BCUT2D eigenvalue weighted by Gasteiger charge is -2.39. The second-order valence-electron chi connectivity index (χ2n) is 10.0. The number of hydrogen-bond acceptors (Lipinski definition) is 5. The van der Waals surface area contributed by atoms with Crippen LogP contribution in [0.3, 0.4) is 0 Å². The van der Waals surface area contributed by atoms with Crippen molar-refractivity contribution in [2.45, 2.75) is 32.1 Å². The molecule has 0 radical (unpaired) electrons. The molecular formula is C29H38N4O3. The third kappa shape index (κ3) is 6.66. The Hall–Kier alpha value is -3.32. The number of carbonyl (C=O) groups excluding carboxylic acids is 1. The zero-order valence-electron chi connectivity index (χ0n) is 21.5. The Morgan fingerprint density at radius 2 is 1.64 bits per heavy atom. The smallest absolute Gasteiger partial charge is 0.328 e. The number of amides is 1. The van der Waals surface area contributed by atoms with Gasteiger partial charge < -0.3 is 14.9 Å². The molecule has 1 saturated heterocycles. The molecule has 0 bridgehead atoms. The quantitative estimate of drug-likeness (QED) is 0.548. The maximum absolute atomic E-state index is 13.7. The third-order valence-electron chi connectivity index (χ3n) is 7.27. The molecule has 2 fully saturated rings. The van der Waals surface area contributed by atoms with Gasteiger partial charge in [-0.05, 0) is 60.9 Å². The standard InChI is InChI=1S/C29H38N4O3/c1-30(2)25-12-14-26(15-13-25)32-19-17-31(18-20-32)22-33(29(36)24-8-4-3-5-9-24)27-10-6-7-23(21-27)11-16-28(34)35/h6-7,10-16,21,24H,3-5,8-9,17-20,22H2,1-2H3,(H,34,35). The summed E-state index contributed by atoms with van der Waals surface area (Å²) in [6.45, 7) is 4.13. The van der Waals surface area contributed by atoms with Crippen LogP contribution < -0.4 is 14.7 Å². The largest absolute Gasteiger partial charge is 0.478 e. The van der Waals surface area contributed by atoms with E-state index in [1.165, 1.54) is 17.8 Å². The lowest BCUT2D eigenvalue weighted by molar-refractivity contribution is -0.131. The van der Waals surface area contributed by atoms with Crippen LogP contribution in [-0.2, 0) is 9.59 Å². The summed E-state index contributed by atoms with van der Waals surface area (Å²) in [6.07, 6.45) is 8.03. The summed E-state index contributed by atoms with van der Waals surface area (Å²) >= 11 is 0. The van der Waals surface area contributed by atoms with Crippen LogP contribution in [0.5, 0.6) is 0 Å². The zero-order valence-corrected chi connectivity index (χ0v) is 21.5. The molecule has 2 aromatic carbocycles. The molecule has 2 aromatic rings. The highest BCUT2D eigenvalue weighted by Gasteiger charge is 2.29. The minimum atomic E-state index is -0.982. The van der Waals surface area contributed by atoms with Crippen LogP contribution in [0, 0.1) is 5.92 Å². The number of hydrogen-bond donors (Lipinski definition) is 1. The lowest BCUT2D eigenvalue weighted by Crippen LogP contribution is -2.52. The van der Waals surface area contributed by atoms with Crippen molar-refractivity contribution in [1.82, 2.24) is 4.90 Å². The molecule has 192 valence electrons. The highest BCUT2D eigenvalue weighted by atomic mass is 16.4. The molecule has 1 saturated carbocycles. The van der Waals surface area contributed by atoms with E-state index in [1.54, 1.807) is 6.08 Å². The number of carboxylic acid groups (broad SMARTS) is 1. The molecule has 1 aliphatic carbocycles. The van der Waals surface area contributed by atoms with Crippen molar-refractivity contribution in [3.63, 3.8) is 0 Å². The van der Waals surface area contributed by atoms with E-state index in [0.717, 1.165) is 69.2 Å². The molecule has 1 heterocycles. The van der Waals surface area contributed by atoms with Crippen LogP contribution in [0.25, 0.3) is 6.08 Å². The van der Waals surface area contributed by atoms with Gasteiger partial charge in [0, 0.05) is 69.3 Å². The Labute approximate surface area is 214 Å². The fourth-order valence-corrected chi connectivity index (χ4v) is 5.12. The van der Waals surface area contributed by atoms with E-state index in [1.807, 2.05) is 43.3 Å². The van der Waals surface area contributed by atoms with Gasteiger partial charge in [0.2, 0.25) is 5.91 Å². The third-order valence-corrected chi connectivity index (χ3v) is 7.27. The van der Waals surface area contributed by atoms with Gasteiger partial charge in [-0.3, -0.25) is 14.6 Å². The molecule has 0 aromatic heterocycles. The molecule has 7 nitrogen and oxygen atoms in total. The normalized spacial score (nSPS) is 17.3. The Balaban J connectivity index is 1.46. The molecule has 36 heavy (non-hydrogen) atoms. The molecule has 1 amide bonds. The molecule has 0 atom stereocenters. The molecule has 2 aliphatic rings. The summed E-state index contributed by atoms with van der Waals surface area (Å²) in [5, 5.41) is 9.01. The highest BCUT2D eigenvalue weighted by molar-refractivity contribution is 5.95. The van der Waals surface area contributed by atoms with Gasteiger partial charge in [-0.25, -0.2) is 4.79 Å². The molecule has 1 aliphatic heterocycles. The van der Waals surface area contributed by atoms with Gasteiger partial charge in [-0.15, -0.1) is 0 Å². The van der Waals surface area contributed by atoms with Crippen LogP contribution in [-0.4, -0.2) is 68.8 Å². The average Bonchev–Trinajstić information content (AvgIpc) is 2.91. The van der Waals surface area contributed by atoms with Crippen LogP contribution in [0.1, 0.15) is 37.7 Å². The number of benzene rings is 2. The predicted molar refractivity (Wildman–Crippen MR) is 147 cm³/mol. The fraction of sp³-hybridized carbons (Fsp3) is 0.448. The van der Waals surface area contributed by atoms with Crippen molar-refractivity contribution >= 4 is 35.0 Å². The van der Waals surface area contributed by atoms with Crippen LogP contribution in [0.2, 0.25) is 0 Å². The number of anilines is 3. The van der Waals surface area contributed by atoms with Crippen molar-refractivity contribution in [3.8, 4) is 0 Å². The second kappa shape index (κ2) is 12.1. The molecule has 4 rings (SSSR count). The fourth-order valence-electron chi connectivity index (χ4n) is 5.12. The molecule has 0 unspecified atom stereocenters. The van der Waals surface area contributed by atoms with E-state index in [0.29, 0.717) is 6.67 Å². The SMILES string of the molecule is CN(C)c1ccc(N2CCN(CN(C(=O)C3CCCCC3)c3cccc(C=CC(=O)O)c3)CC2)cc1. The molecular weight excluding hydrogens is 452 g/mol. The van der Waals surface area contributed by atoms with Gasteiger partial charge in [0.25, 0.3) is 0 Å². The minimum absolute atomic E-state index is 0.0634. The van der Waals surface area contributed by atoms with E-state index < -0.39 is 5.97 Å². The van der Waals surface area contributed by atoms with Gasteiger partial charge >= 0.3 is 5.97 Å². The first kappa shape index (κ1) is 25.8. The Morgan fingerprint density at radius 3 is 2.28 bits per heavy atom. The maximum Gasteiger partial charge on any atom is 0.328 e. The lowest BCUT2D eigenvalue weighted by atomic mass is 9.88. The number of piperazine rings is 1. The Kier molecular flexibility index (Phi) is 8.65. The topological polar surface area (TPSA) is 67.3 Å². The zero-order chi connectivity index (χ0) is 25.5. The maximum atomic E-state index is 13.7. The predicted octanol–water partition coefficient (Wildman–Crippen LogP) is 4.54. The van der Waals surface area contributed by atoms with E-state index in [-0.39, 0.29) is 11.8 Å². The molecule has 0 spiro atoms. The van der Waals surface area contributed by atoms with Crippen LogP contribution in [0.15, 0.2) is 54.6 Å². The van der Waals surface area contributed by atoms with Gasteiger partial charge in [0.05, 0.1) is 6.67 Å². The van der Waals surface area contributed by atoms with Crippen molar-refractivity contribution < 1.29 is 14.7 Å². The van der Waals surface area contributed by atoms with Crippen molar-refractivity contribution in [2.75, 3.05) is 61.6 Å². The number of carbonyl (C=O) groups is 2. The number of aliphatic carboxylic acids is 1. The highest BCUT2D eigenvalue weighted by Crippen LogP contribution is 2.29. The van der Waals surface area contributed by atoms with E-state index in [2.05, 4.69) is 39.0 Å². The average molecular weight is 491 g/mol. The van der Waals surface area contributed by atoms with Crippen molar-refractivity contribution in [3.05, 3.63) is 60.2 Å².